The molecule has 11 heteroatoms. The van der Waals surface area contributed by atoms with Crippen molar-refractivity contribution in [1.29, 1.82) is 0 Å². The third kappa shape index (κ3) is 7.97. The van der Waals surface area contributed by atoms with Gasteiger partial charge in [0.25, 0.3) is 0 Å². The fourth-order valence-corrected chi connectivity index (χ4v) is 6.56. The van der Waals surface area contributed by atoms with Crippen LogP contribution in [0, 0.1) is 0 Å². The Labute approximate surface area is 244 Å². The van der Waals surface area contributed by atoms with Crippen LogP contribution in [0.4, 0.5) is 0 Å². The van der Waals surface area contributed by atoms with Gasteiger partial charge in [0.1, 0.15) is 4.90 Å². The summed E-state index contributed by atoms with van der Waals surface area (Å²) in [4.78, 5) is 1.96. The van der Waals surface area contributed by atoms with E-state index in [1.54, 1.807) is 33.5 Å². The smallest absolute Gasteiger partial charge is 0.203 e. The summed E-state index contributed by atoms with van der Waals surface area (Å²) in [5.41, 5.74) is 1.57. The molecule has 230 valence electrons. The maximum Gasteiger partial charge on any atom is 0.203 e. The number of sulfone groups is 1. The first kappa shape index (κ1) is 32.8. The fraction of sp³-hybridized carbons (Fsp3) is 0.600. The van der Waals surface area contributed by atoms with E-state index in [9.17, 15) is 13.5 Å². The van der Waals surface area contributed by atoms with Gasteiger partial charge in [-0.1, -0.05) is 6.92 Å². The quantitative estimate of drug-likeness (QED) is 0.277. The second kappa shape index (κ2) is 14.9. The first-order valence-corrected chi connectivity index (χ1v) is 15.6. The van der Waals surface area contributed by atoms with Crippen LogP contribution >= 0.6 is 0 Å². The average molecular weight is 596 g/mol. The average Bonchev–Trinajstić information content (AvgIpc) is 3.45. The fourth-order valence-electron chi connectivity index (χ4n) is 4.69. The Kier molecular flexibility index (Phi) is 12.0. The highest BCUT2D eigenvalue weighted by atomic mass is 32.2. The number of nitrogens with zero attached hydrogens (tertiary/aromatic N) is 1. The highest BCUT2D eigenvalue weighted by Gasteiger charge is 2.33. The molecule has 3 rings (SSSR count). The van der Waals surface area contributed by atoms with Gasteiger partial charge in [-0.15, -0.1) is 0 Å². The van der Waals surface area contributed by atoms with E-state index < -0.39 is 9.84 Å². The summed E-state index contributed by atoms with van der Waals surface area (Å²) in [5.74, 6) is 2.03. The molecule has 10 nitrogen and oxygen atoms in total. The molecule has 0 radical (unpaired) electrons. The number of rotatable bonds is 16. The first-order valence-electron chi connectivity index (χ1n) is 14.0. The lowest BCUT2D eigenvalue weighted by atomic mass is 10.0. The molecule has 1 fully saturated rings. The molecule has 2 aromatic rings. The molecule has 0 bridgehead atoms. The first-order chi connectivity index (χ1) is 19.6. The molecule has 1 aliphatic heterocycles. The van der Waals surface area contributed by atoms with Crippen LogP contribution in [-0.4, -0.2) is 85.5 Å². The molecule has 0 aliphatic carbocycles. The summed E-state index contributed by atoms with van der Waals surface area (Å²) >= 11 is 0. The minimum atomic E-state index is -3.76. The number of aliphatic hydroxyl groups excluding tert-OH is 1. The van der Waals surface area contributed by atoms with E-state index >= 15 is 0 Å². The minimum Gasteiger partial charge on any atom is -0.493 e. The Morgan fingerprint density at radius 3 is 2.00 bits per heavy atom. The lowest BCUT2D eigenvalue weighted by Crippen LogP contribution is -2.32. The van der Waals surface area contributed by atoms with Gasteiger partial charge in [0.15, 0.2) is 32.8 Å². The molecule has 2 aromatic carbocycles. The maximum atomic E-state index is 13.8. The van der Waals surface area contributed by atoms with E-state index in [1.807, 2.05) is 45.0 Å². The number of aliphatic hydroxyl groups is 1. The van der Waals surface area contributed by atoms with Crippen molar-refractivity contribution in [1.82, 2.24) is 4.90 Å². The van der Waals surface area contributed by atoms with Crippen molar-refractivity contribution >= 4 is 9.84 Å². The highest BCUT2D eigenvalue weighted by molar-refractivity contribution is 7.91. The molecule has 0 spiro atoms. The molecule has 1 unspecified atom stereocenters. The van der Waals surface area contributed by atoms with E-state index in [0.717, 1.165) is 5.56 Å². The molecule has 41 heavy (non-hydrogen) atoms. The van der Waals surface area contributed by atoms with Crippen molar-refractivity contribution in [2.24, 2.45) is 0 Å². The summed E-state index contributed by atoms with van der Waals surface area (Å²) in [6.45, 7) is 4.34. The number of benzene rings is 2. The molecular weight excluding hydrogens is 550 g/mol. The van der Waals surface area contributed by atoms with Gasteiger partial charge in [0.2, 0.25) is 5.75 Å². The van der Waals surface area contributed by atoms with Gasteiger partial charge >= 0.3 is 0 Å². The van der Waals surface area contributed by atoms with Crippen molar-refractivity contribution in [2.75, 3.05) is 61.0 Å². The van der Waals surface area contributed by atoms with Crippen molar-refractivity contribution in [3.63, 3.8) is 0 Å². The Hall–Kier alpha value is -2.73. The van der Waals surface area contributed by atoms with Crippen LogP contribution in [0.5, 0.6) is 28.7 Å². The van der Waals surface area contributed by atoms with Gasteiger partial charge in [0.05, 0.1) is 52.5 Å². The second-order valence-corrected chi connectivity index (χ2v) is 12.4. The third-order valence-electron chi connectivity index (χ3n) is 7.18. The van der Waals surface area contributed by atoms with Crippen LogP contribution in [-0.2, 0) is 14.6 Å². The lowest BCUT2D eigenvalue weighted by Gasteiger charge is -2.23. The number of ether oxygens (including phenoxy) is 6. The number of hydrogen-bond acceptors (Lipinski definition) is 10. The zero-order valence-corrected chi connectivity index (χ0v) is 26.1. The zero-order valence-electron chi connectivity index (χ0n) is 25.3. The van der Waals surface area contributed by atoms with Crippen LogP contribution in [0.25, 0.3) is 0 Å². The van der Waals surface area contributed by atoms with Gasteiger partial charge in [-0.3, -0.25) is 0 Å². The summed E-state index contributed by atoms with van der Waals surface area (Å²) in [6.07, 6.45) is 1.84. The Bertz CT molecular complexity index is 1220. The summed E-state index contributed by atoms with van der Waals surface area (Å²) < 4.78 is 62.6. The summed E-state index contributed by atoms with van der Waals surface area (Å²) in [6, 6.07) is 7.01. The van der Waals surface area contributed by atoms with E-state index in [0.29, 0.717) is 60.9 Å². The van der Waals surface area contributed by atoms with Gasteiger partial charge in [0, 0.05) is 19.1 Å². The predicted octanol–water partition coefficient (Wildman–Crippen LogP) is 4.58. The van der Waals surface area contributed by atoms with Crippen LogP contribution < -0.4 is 23.7 Å². The predicted molar refractivity (Wildman–Crippen MR) is 157 cm³/mol. The van der Waals surface area contributed by atoms with E-state index in [2.05, 4.69) is 0 Å². The van der Waals surface area contributed by atoms with E-state index in [4.69, 9.17) is 28.4 Å². The molecule has 1 aliphatic rings. The Balaban J connectivity index is 2.04. The molecule has 1 saturated heterocycles. The molecule has 3 atom stereocenters. The topological polar surface area (TPSA) is 113 Å². The number of hydrogen-bond donors (Lipinski definition) is 1. The standard InChI is InChI=1S/C30H45NO9S/c1-8-13-39-30-27(38-14-9-12-32)17-22(18-28(30)41(33,34)19-20(2)31(3)4)24-11-10-23(40-24)21-15-25(35-5)29(37-7)26(16-21)36-6/h15-18,20,23-24,32H,8-14,19H2,1-7H3/t20?,23-,24-/m0/s1. The normalized spacial score (nSPS) is 17.9. The largest absolute Gasteiger partial charge is 0.493 e. The Morgan fingerprint density at radius 2 is 1.49 bits per heavy atom. The summed E-state index contributed by atoms with van der Waals surface area (Å²) in [5, 5.41) is 9.30. The molecule has 1 heterocycles. The van der Waals surface area contributed by atoms with Gasteiger partial charge in [-0.2, -0.15) is 0 Å². The lowest BCUT2D eigenvalue weighted by molar-refractivity contribution is 0.0434. The van der Waals surface area contributed by atoms with Gasteiger partial charge < -0.3 is 38.4 Å². The summed E-state index contributed by atoms with van der Waals surface area (Å²) in [7, 11) is 4.64. The maximum absolute atomic E-state index is 13.8. The van der Waals surface area contributed by atoms with Gasteiger partial charge in [-0.05, 0) is 75.7 Å². The zero-order chi connectivity index (χ0) is 30.2. The highest BCUT2D eigenvalue weighted by Crippen LogP contribution is 2.48. The number of methoxy groups -OCH3 is 3. The monoisotopic (exact) mass is 595 g/mol. The molecule has 0 saturated carbocycles. The van der Waals surface area contributed by atoms with Crippen molar-refractivity contribution in [3.05, 3.63) is 35.4 Å². The molecule has 0 amide bonds. The van der Waals surface area contributed by atoms with Crippen LogP contribution in [0.2, 0.25) is 0 Å². The van der Waals surface area contributed by atoms with Crippen LogP contribution in [0.1, 0.15) is 62.9 Å². The third-order valence-corrected chi connectivity index (χ3v) is 9.08. The van der Waals surface area contributed by atoms with Crippen LogP contribution in [0.15, 0.2) is 29.2 Å². The van der Waals surface area contributed by atoms with E-state index in [-0.39, 0.29) is 47.9 Å². The minimum absolute atomic E-state index is 0.0431. The SMILES string of the molecule is CCCOc1c(OCCCO)cc([C@@H]2CC[C@@H](c3cc(OC)c(OC)c(OC)c3)O2)cc1S(=O)(=O)CC(C)N(C)C. The van der Waals surface area contributed by atoms with E-state index in [1.165, 1.54) is 0 Å². The van der Waals surface area contributed by atoms with Gasteiger partial charge in [-0.25, -0.2) is 8.42 Å². The second-order valence-electron chi connectivity index (χ2n) is 10.4. The molecule has 0 aromatic heterocycles. The van der Waals surface area contributed by atoms with Crippen LogP contribution in [0.3, 0.4) is 0 Å². The Morgan fingerprint density at radius 1 is 0.902 bits per heavy atom. The molecule has 1 N–H and O–H groups in total. The van der Waals surface area contributed by atoms with Crippen molar-refractivity contribution in [2.45, 2.75) is 62.7 Å². The van der Waals surface area contributed by atoms with Crippen molar-refractivity contribution < 1.29 is 41.9 Å². The van der Waals surface area contributed by atoms with Crippen molar-refractivity contribution in [3.8, 4) is 28.7 Å². The molecular formula is C30H45NO9S.